The van der Waals surface area contributed by atoms with Gasteiger partial charge in [-0.3, -0.25) is 4.79 Å². The summed E-state index contributed by atoms with van der Waals surface area (Å²) in [5.41, 5.74) is 7.23. The van der Waals surface area contributed by atoms with Crippen LogP contribution in [0.15, 0.2) is 24.3 Å². The molecule has 5 heteroatoms. The number of hydrogen-bond donors (Lipinski definition) is 1. The Morgan fingerprint density at radius 3 is 2.88 bits per heavy atom. The molecule has 0 aliphatic heterocycles. The second kappa shape index (κ2) is 4.23. The quantitative estimate of drug-likeness (QED) is 0.894. The topological polar surface area (TPSA) is 56.0 Å². The van der Waals surface area contributed by atoms with E-state index in [1.54, 1.807) is 12.1 Å². The Labute approximate surface area is 102 Å². The minimum Gasteiger partial charge on any atom is -0.365 e. The van der Waals surface area contributed by atoms with Crippen molar-refractivity contribution in [2.75, 3.05) is 0 Å². The van der Waals surface area contributed by atoms with E-state index in [-0.39, 0.29) is 0 Å². The molecule has 1 amide bonds. The molecule has 1 aromatic carbocycles. The number of aromatic nitrogens is 1. The number of carbonyl (C=O) groups excluding carboxylic acids is 1. The first-order valence-electron chi connectivity index (χ1n) is 4.61. The molecule has 2 aromatic rings. The van der Waals surface area contributed by atoms with Crippen LogP contribution in [0.25, 0.3) is 11.3 Å². The predicted molar refractivity (Wildman–Crippen MR) is 65.8 cm³/mol. The molecule has 0 atom stereocenters. The Kier molecular flexibility index (Phi) is 2.94. The molecule has 82 valence electrons. The van der Waals surface area contributed by atoms with Crippen LogP contribution in [0.3, 0.4) is 0 Å². The number of carbonyl (C=O) groups is 1. The number of amides is 1. The van der Waals surface area contributed by atoms with Gasteiger partial charge >= 0.3 is 0 Å². The standard InChI is InChI=1S/C11H9ClN2OS/c1-6-9(11(13)15)10(14-16-6)7-3-2-4-8(12)5-7/h2-5H,1H3,(H2,13,15). The first-order valence-corrected chi connectivity index (χ1v) is 5.76. The van der Waals surface area contributed by atoms with Gasteiger partial charge in [-0.15, -0.1) is 0 Å². The van der Waals surface area contributed by atoms with E-state index in [0.29, 0.717) is 16.3 Å². The van der Waals surface area contributed by atoms with Crippen molar-refractivity contribution >= 4 is 29.0 Å². The smallest absolute Gasteiger partial charge is 0.252 e. The molecular weight excluding hydrogens is 244 g/mol. The molecule has 0 saturated carbocycles. The van der Waals surface area contributed by atoms with Crippen LogP contribution in [-0.2, 0) is 0 Å². The SMILES string of the molecule is Cc1snc(-c2cccc(Cl)c2)c1C(N)=O. The van der Waals surface area contributed by atoms with Gasteiger partial charge in [0, 0.05) is 15.5 Å². The Hall–Kier alpha value is -1.39. The lowest BCUT2D eigenvalue weighted by molar-refractivity contribution is 0.100. The van der Waals surface area contributed by atoms with Crippen LogP contribution in [0, 0.1) is 6.92 Å². The van der Waals surface area contributed by atoms with Gasteiger partial charge in [-0.1, -0.05) is 23.7 Å². The van der Waals surface area contributed by atoms with E-state index in [4.69, 9.17) is 17.3 Å². The molecule has 0 aliphatic rings. The van der Waals surface area contributed by atoms with Crippen LogP contribution in [0.2, 0.25) is 5.02 Å². The van der Waals surface area contributed by atoms with Crippen molar-refractivity contribution in [3.8, 4) is 11.3 Å². The fraction of sp³-hybridized carbons (Fsp3) is 0.0909. The lowest BCUT2D eigenvalue weighted by Crippen LogP contribution is -2.12. The molecule has 0 unspecified atom stereocenters. The number of primary amides is 1. The molecule has 3 nitrogen and oxygen atoms in total. The second-order valence-corrected chi connectivity index (χ2v) is 4.75. The summed E-state index contributed by atoms with van der Waals surface area (Å²) in [4.78, 5) is 12.1. The molecule has 2 rings (SSSR count). The zero-order valence-electron chi connectivity index (χ0n) is 8.53. The number of hydrogen-bond acceptors (Lipinski definition) is 3. The maximum Gasteiger partial charge on any atom is 0.252 e. The van der Waals surface area contributed by atoms with Crippen molar-refractivity contribution in [2.24, 2.45) is 5.73 Å². The molecule has 0 spiro atoms. The Bertz CT molecular complexity index is 551. The van der Waals surface area contributed by atoms with E-state index in [1.807, 2.05) is 19.1 Å². The highest BCUT2D eigenvalue weighted by molar-refractivity contribution is 7.06. The van der Waals surface area contributed by atoms with Crippen molar-refractivity contribution in [3.63, 3.8) is 0 Å². The van der Waals surface area contributed by atoms with Crippen LogP contribution in [0.4, 0.5) is 0 Å². The zero-order valence-corrected chi connectivity index (χ0v) is 10.1. The van der Waals surface area contributed by atoms with Gasteiger partial charge in [0.05, 0.1) is 11.3 Å². The number of aryl methyl sites for hydroxylation is 1. The van der Waals surface area contributed by atoms with Crippen molar-refractivity contribution < 1.29 is 4.79 Å². The molecule has 2 N–H and O–H groups in total. The average Bonchev–Trinajstić information content (AvgIpc) is 2.60. The number of rotatable bonds is 2. The van der Waals surface area contributed by atoms with Gasteiger partial charge in [0.25, 0.3) is 5.91 Å². The van der Waals surface area contributed by atoms with Gasteiger partial charge in [0.1, 0.15) is 0 Å². The Morgan fingerprint density at radius 2 is 2.25 bits per heavy atom. The number of nitrogens with zero attached hydrogens (tertiary/aromatic N) is 1. The monoisotopic (exact) mass is 252 g/mol. The van der Waals surface area contributed by atoms with E-state index in [0.717, 1.165) is 10.4 Å². The van der Waals surface area contributed by atoms with Crippen LogP contribution in [-0.4, -0.2) is 10.3 Å². The minimum atomic E-state index is -0.457. The summed E-state index contributed by atoms with van der Waals surface area (Å²) in [6.45, 7) is 1.83. The lowest BCUT2D eigenvalue weighted by atomic mass is 10.1. The van der Waals surface area contributed by atoms with Crippen LogP contribution < -0.4 is 5.73 Å². The van der Waals surface area contributed by atoms with Crippen LogP contribution in [0.1, 0.15) is 15.2 Å². The van der Waals surface area contributed by atoms with Gasteiger partial charge < -0.3 is 5.73 Å². The lowest BCUT2D eigenvalue weighted by Gasteiger charge is -2.00. The number of nitrogens with two attached hydrogens (primary N) is 1. The Balaban J connectivity index is 2.60. The third-order valence-corrected chi connectivity index (χ3v) is 3.19. The third kappa shape index (κ3) is 1.94. The molecule has 0 radical (unpaired) electrons. The van der Waals surface area contributed by atoms with E-state index >= 15 is 0 Å². The highest BCUT2D eigenvalue weighted by atomic mass is 35.5. The number of benzene rings is 1. The summed E-state index contributed by atoms with van der Waals surface area (Å²) in [7, 11) is 0. The third-order valence-electron chi connectivity index (χ3n) is 2.21. The Morgan fingerprint density at radius 1 is 1.50 bits per heavy atom. The van der Waals surface area contributed by atoms with Crippen molar-refractivity contribution in [2.45, 2.75) is 6.92 Å². The molecular formula is C11H9ClN2OS. The van der Waals surface area contributed by atoms with E-state index in [2.05, 4.69) is 4.37 Å². The molecule has 0 saturated heterocycles. The van der Waals surface area contributed by atoms with Gasteiger partial charge in [0.2, 0.25) is 0 Å². The molecule has 1 aromatic heterocycles. The van der Waals surface area contributed by atoms with Crippen molar-refractivity contribution in [3.05, 3.63) is 39.7 Å². The summed E-state index contributed by atoms with van der Waals surface area (Å²) in [6, 6.07) is 7.21. The summed E-state index contributed by atoms with van der Waals surface area (Å²) >= 11 is 7.16. The average molecular weight is 253 g/mol. The molecule has 16 heavy (non-hydrogen) atoms. The molecule has 1 heterocycles. The van der Waals surface area contributed by atoms with Gasteiger partial charge in [0.15, 0.2) is 0 Å². The normalized spacial score (nSPS) is 10.4. The number of halogens is 1. The van der Waals surface area contributed by atoms with E-state index < -0.39 is 5.91 Å². The molecule has 0 fully saturated rings. The maximum absolute atomic E-state index is 11.3. The first-order chi connectivity index (χ1) is 7.59. The predicted octanol–water partition coefficient (Wildman–Crippen LogP) is 2.87. The largest absolute Gasteiger partial charge is 0.365 e. The summed E-state index contributed by atoms with van der Waals surface area (Å²) < 4.78 is 4.23. The van der Waals surface area contributed by atoms with Crippen LogP contribution >= 0.6 is 23.1 Å². The summed E-state index contributed by atoms with van der Waals surface area (Å²) in [5.74, 6) is -0.457. The minimum absolute atomic E-state index is 0.457. The van der Waals surface area contributed by atoms with E-state index in [1.165, 1.54) is 11.5 Å². The van der Waals surface area contributed by atoms with E-state index in [9.17, 15) is 4.79 Å². The van der Waals surface area contributed by atoms with Crippen LogP contribution in [0.5, 0.6) is 0 Å². The summed E-state index contributed by atoms with van der Waals surface area (Å²) in [6.07, 6.45) is 0. The van der Waals surface area contributed by atoms with Gasteiger partial charge in [-0.2, -0.15) is 4.37 Å². The second-order valence-electron chi connectivity index (χ2n) is 3.34. The van der Waals surface area contributed by atoms with Crippen molar-refractivity contribution in [1.82, 2.24) is 4.37 Å². The van der Waals surface area contributed by atoms with Gasteiger partial charge in [-0.05, 0) is 30.6 Å². The van der Waals surface area contributed by atoms with Crippen molar-refractivity contribution in [1.29, 1.82) is 0 Å². The fourth-order valence-corrected chi connectivity index (χ4v) is 2.40. The molecule has 0 aliphatic carbocycles. The maximum atomic E-state index is 11.3. The fourth-order valence-electron chi connectivity index (χ4n) is 1.50. The zero-order chi connectivity index (χ0) is 11.7. The first kappa shape index (κ1) is 11.1. The highest BCUT2D eigenvalue weighted by Crippen LogP contribution is 2.28. The highest BCUT2D eigenvalue weighted by Gasteiger charge is 2.17. The van der Waals surface area contributed by atoms with Gasteiger partial charge in [-0.25, -0.2) is 0 Å². The molecule has 0 bridgehead atoms. The summed E-state index contributed by atoms with van der Waals surface area (Å²) in [5, 5.41) is 0.610.